The second-order valence-electron chi connectivity index (χ2n) is 4.44. The SMILES string of the molecule is C(/CCN1CC1)=N\Nc1ccc2ccccc2n1. The highest BCUT2D eigenvalue weighted by Crippen LogP contribution is 2.14. The Kier molecular flexibility index (Phi) is 3.19. The summed E-state index contributed by atoms with van der Waals surface area (Å²) in [4.78, 5) is 6.86. The van der Waals surface area contributed by atoms with E-state index in [9.17, 15) is 0 Å². The highest BCUT2D eigenvalue weighted by atomic mass is 15.3. The van der Waals surface area contributed by atoms with E-state index in [0.717, 1.165) is 29.7 Å². The molecule has 1 aromatic heterocycles. The van der Waals surface area contributed by atoms with Crippen LogP contribution in [0.3, 0.4) is 0 Å². The van der Waals surface area contributed by atoms with Crippen molar-refractivity contribution in [3.05, 3.63) is 36.4 Å². The largest absolute Gasteiger partial charge is 0.300 e. The fourth-order valence-corrected chi connectivity index (χ4v) is 1.84. The number of para-hydroxylation sites is 1. The van der Waals surface area contributed by atoms with Gasteiger partial charge in [0.15, 0.2) is 0 Å². The Morgan fingerprint density at radius 2 is 2.11 bits per heavy atom. The Morgan fingerprint density at radius 1 is 1.22 bits per heavy atom. The van der Waals surface area contributed by atoms with Crippen molar-refractivity contribution < 1.29 is 0 Å². The lowest BCUT2D eigenvalue weighted by Gasteiger charge is -2.01. The van der Waals surface area contributed by atoms with Gasteiger partial charge in [0, 0.05) is 31.2 Å². The number of hydrogen-bond donors (Lipinski definition) is 1. The molecule has 4 nitrogen and oxygen atoms in total. The Hall–Kier alpha value is -1.94. The van der Waals surface area contributed by atoms with Crippen molar-refractivity contribution in [1.82, 2.24) is 9.88 Å². The van der Waals surface area contributed by atoms with Gasteiger partial charge in [0.2, 0.25) is 0 Å². The van der Waals surface area contributed by atoms with Gasteiger partial charge in [-0.25, -0.2) is 4.98 Å². The molecule has 18 heavy (non-hydrogen) atoms. The van der Waals surface area contributed by atoms with Crippen LogP contribution in [0.4, 0.5) is 5.82 Å². The fourth-order valence-electron chi connectivity index (χ4n) is 1.84. The van der Waals surface area contributed by atoms with Crippen LogP contribution in [0.2, 0.25) is 0 Å². The number of hydrogen-bond acceptors (Lipinski definition) is 4. The molecule has 0 unspecified atom stereocenters. The predicted octanol–water partition coefficient (Wildman–Crippen LogP) is 2.34. The molecule has 0 aliphatic carbocycles. The number of anilines is 1. The molecule has 0 radical (unpaired) electrons. The average molecular weight is 240 g/mol. The van der Waals surface area contributed by atoms with Gasteiger partial charge in [-0.05, 0) is 24.6 Å². The molecule has 1 N–H and O–H groups in total. The topological polar surface area (TPSA) is 40.3 Å². The van der Waals surface area contributed by atoms with Crippen LogP contribution in [-0.2, 0) is 0 Å². The molecule has 2 aromatic rings. The lowest BCUT2D eigenvalue weighted by molar-refractivity contribution is 0.577. The molecule has 0 amide bonds. The smallest absolute Gasteiger partial charge is 0.146 e. The third kappa shape index (κ3) is 2.84. The van der Waals surface area contributed by atoms with Crippen molar-refractivity contribution in [3.8, 4) is 0 Å². The summed E-state index contributed by atoms with van der Waals surface area (Å²) in [6.45, 7) is 3.59. The average Bonchev–Trinajstić information content (AvgIpc) is 3.22. The van der Waals surface area contributed by atoms with Gasteiger partial charge < -0.3 is 4.90 Å². The number of hydrazone groups is 1. The van der Waals surface area contributed by atoms with Gasteiger partial charge in [-0.15, -0.1) is 0 Å². The van der Waals surface area contributed by atoms with E-state index < -0.39 is 0 Å². The number of aromatic nitrogens is 1. The van der Waals surface area contributed by atoms with Crippen LogP contribution in [0.1, 0.15) is 6.42 Å². The number of fused-ring (bicyclic) bond motifs is 1. The van der Waals surface area contributed by atoms with Crippen LogP contribution in [0, 0.1) is 0 Å². The number of nitrogens with zero attached hydrogens (tertiary/aromatic N) is 3. The van der Waals surface area contributed by atoms with E-state index in [1.165, 1.54) is 13.1 Å². The lowest BCUT2D eigenvalue weighted by Crippen LogP contribution is -2.00. The molecule has 92 valence electrons. The molecule has 0 bridgehead atoms. The molecular formula is C14H16N4. The van der Waals surface area contributed by atoms with E-state index in [4.69, 9.17) is 0 Å². The minimum atomic E-state index is 0.789. The zero-order chi connectivity index (χ0) is 12.2. The minimum Gasteiger partial charge on any atom is -0.300 e. The van der Waals surface area contributed by atoms with Crippen LogP contribution in [0.25, 0.3) is 10.9 Å². The van der Waals surface area contributed by atoms with Gasteiger partial charge in [-0.2, -0.15) is 5.10 Å². The second kappa shape index (κ2) is 5.14. The number of nitrogens with one attached hydrogen (secondary N) is 1. The Labute approximate surface area is 106 Å². The second-order valence-corrected chi connectivity index (χ2v) is 4.44. The molecule has 1 aliphatic heterocycles. The predicted molar refractivity (Wildman–Crippen MR) is 74.9 cm³/mol. The van der Waals surface area contributed by atoms with Crippen LogP contribution in [0.5, 0.6) is 0 Å². The van der Waals surface area contributed by atoms with Crippen molar-refractivity contribution in [2.24, 2.45) is 5.10 Å². The summed E-state index contributed by atoms with van der Waals surface area (Å²) in [7, 11) is 0. The van der Waals surface area contributed by atoms with Crippen LogP contribution in [0.15, 0.2) is 41.5 Å². The van der Waals surface area contributed by atoms with Gasteiger partial charge in [0.25, 0.3) is 0 Å². The van der Waals surface area contributed by atoms with Crippen molar-refractivity contribution in [1.29, 1.82) is 0 Å². The highest BCUT2D eigenvalue weighted by Gasteiger charge is 2.14. The van der Waals surface area contributed by atoms with Crippen LogP contribution in [-0.4, -0.2) is 35.7 Å². The molecule has 1 saturated heterocycles. The summed E-state index contributed by atoms with van der Waals surface area (Å²) in [6.07, 6.45) is 2.90. The number of benzene rings is 1. The molecule has 3 rings (SSSR count). The summed E-state index contributed by atoms with van der Waals surface area (Å²) in [6, 6.07) is 12.1. The summed E-state index contributed by atoms with van der Waals surface area (Å²) < 4.78 is 0. The van der Waals surface area contributed by atoms with E-state index in [1.807, 2.05) is 30.5 Å². The maximum Gasteiger partial charge on any atom is 0.146 e. The summed E-state index contributed by atoms with van der Waals surface area (Å²) in [5.41, 5.74) is 3.96. The molecule has 4 heteroatoms. The third-order valence-electron chi connectivity index (χ3n) is 2.98. The van der Waals surface area contributed by atoms with Crippen molar-refractivity contribution >= 4 is 22.9 Å². The van der Waals surface area contributed by atoms with Gasteiger partial charge in [0.05, 0.1) is 5.52 Å². The van der Waals surface area contributed by atoms with E-state index in [0.29, 0.717) is 0 Å². The van der Waals surface area contributed by atoms with E-state index in [-0.39, 0.29) is 0 Å². The molecule has 1 aliphatic rings. The third-order valence-corrected chi connectivity index (χ3v) is 2.98. The molecule has 0 saturated carbocycles. The van der Waals surface area contributed by atoms with Crippen LogP contribution < -0.4 is 5.43 Å². The molecule has 1 fully saturated rings. The quantitative estimate of drug-likeness (QED) is 0.495. The zero-order valence-corrected chi connectivity index (χ0v) is 10.2. The summed E-state index contributed by atoms with van der Waals surface area (Å²) in [5.74, 6) is 0.789. The first kappa shape index (κ1) is 11.2. The van der Waals surface area contributed by atoms with Gasteiger partial charge >= 0.3 is 0 Å². The van der Waals surface area contributed by atoms with E-state index in [2.05, 4.69) is 32.5 Å². The minimum absolute atomic E-state index is 0.789. The maximum absolute atomic E-state index is 4.49. The van der Waals surface area contributed by atoms with Gasteiger partial charge in [0.1, 0.15) is 5.82 Å². The molecule has 2 heterocycles. The molecular weight excluding hydrogens is 224 g/mol. The van der Waals surface area contributed by atoms with Crippen molar-refractivity contribution in [2.45, 2.75) is 6.42 Å². The number of rotatable bonds is 5. The molecule has 0 atom stereocenters. The highest BCUT2D eigenvalue weighted by molar-refractivity contribution is 5.80. The molecule has 1 aromatic carbocycles. The first-order chi connectivity index (χ1) is 8.92. The molecule has 0 spiro atoms. The van der Waals surface area contributed by atoms with E-state index in [1.54, 1.807) is 0 Å². The Balaban J connectivity index is 1.59. The number of pyridine rings is 1. The Morgan fingerprint density at radius 3 is 3.00 bits per heavy atom. The van der Waals surface area contributed by atoms with E-state index >= 15 is 0 Å². The maximum atomic E-state index is 4.49. The lowest BCUT2D eigenvalue weighted by atomic mass is 10.2. The van der Waals surface area contributed by atoms with Gasteiger partial charge in [-0.1, -0.05) is 18.2 Å². The monoisotopic (exact) mass is 240 g/mol. The van der Waals surface area contributed by atoms with Crippen LogP contribution >= 0.6 is 0 Å². The summed E-state index contributed by atoms with van der Waals surface area (Å²) >= 11 is 0. The summed E-state index contributed by atoms with van der Waals surface area (Å²) in [5, 5.41) is 5.33. The first-order valence-corrected chi connectivity index (χ1v) is 6.27. The standard InChI is InChI=1S/C14H16N4/c1-2-5-13-12(4-1)6-7-14(16-13)17-15-8-3-9-18-10-11-18/h1-2,4-8H,3,9-11H2,(H,16,17)/b15-8+. The normalized spacial score (nSPS) is 15.3. The Bertz CT molecular complexity index is 560. The first-order valence-electron chi connectivity index (χ1n) is 6.27. The van der Waals surface area contributed by atoms with Crippen molar-refractivity contribution in [2.75, 3.05) is 25.1 Å². The van der Waals surface area contributed by atoms with Gasteiger partial charge in [-0.3, -0.25) is 5.43 Å². The fraction of sp³-hybridized carbons (Fsp3) is 0.286. The van der Waals surface area contributed by atoms with Crippen molar-refractivity contribution in [3.63, 3.8) is 0 Å². The zero-order valence-electron chi connectivity index (χ0n) is 10.2.